The topological polar surface area (TPSA) is 93.1 Å². The number of hydrogen-bond donors (Lipinski definition) is 3. The first-order chi connectivity index (χ1) is 14.2. The standard InChI is InChI=1S/C23H33N3O4/c1-16-14-17(24-21(28)29)4-5-19(16)25-12-3-8-23(15-25)11-13-26(20(23)27)18-6-9-22(2,30)10-7-18/h4-5,14,18,24,30H,3,6-13,15H2,1-2H3,(H,28,29)/t18-,22+,23-/m0/s1. The van der Waals surface area contributed by atoms with E-state index in [9.17, 15) is 14.7 Å². The van der Waals surface area contributed by atoms with Crippen LogP contribution in [-0.4, -0.2) is 58.4 Å². The van der Waals surface area contributed by atoms with Gasteiger partial charge in [-0.2, -0.15) is 0 Å². The molecule has 2 saturated heterocycles. The van der Waals surface area contributed by atoms with Crippen LogP contribution in [0.5, 0.6) is 0 Å². The molecule has 1 aromatic rings. The molecule has 4 rings (SSSR count). The molecule has 3 fully saturated rings. The highest BCUT2D eigenvalue weighted by Crippen LogP contribution is 2.44. The number of carbonyl (C=O) groups is 2. The van der Waals surface area contributed by atoms with Crippen molar-refractivity contribution in [2.24, 2.45) is 5.41 Å². The van der Waals surface area contributed by atoms with Crippen LogP contribution in [-0.2, 0) is 4.79 Å². The van der Waals surface area contributed by atoms with Gasteiger partial charge in [-0.15, -0.1) is 0 Å². The number of anilines is 2. The highest BCUT2D eigenvalue weighted by molar-refractivity contribution is 5.86. The summed E-state index contributed by atoms with van der Waals surface area (Å²) in [6.45, 7) is 6.34. The van der Waals surface area contributed by atoms with Crippen molar-refractivity contribution in [2.75, 3.05) is 29.9 Å². The number of aliphatic hydroxyl groups is 1. The summed E-state index contributed by atoms with van der Waals surface area (Å²) in [5.74, 6) is 0.292. The van der Waals surface area contributed by atoms with Crippen molar-refractivity contribution in [3.63, 3.8) is 0 Å². The Bertz CT molecular complexity index is 830. The summed E-state index contributed by atoms with van der Waals surface area (Å²) < 4.78 is 0. The minimum absolute atomic E-state index is 0.260. The van der Waals surface area contributed by atoms with Crippen LogP contribution in [0.15, 0.2) is 18.2 Å². The monoisotopic (exact) mass is 415 g/mol. The van der Waals surface area contributed by atoms with Crippen molar-refractivity contribution in [2.45, 2.75) is 70.4 Å². The van der Waals surface area contributed by atoms with Crippen LogP contribution < -0.4 is 10.2 Å². The van der Waals surface area contributed by atoms with Gasteiger partial charge in [-0.3, -0.25) is 10.1 Å². The Labute approximate surface area is 178 Å². The van der Waals surface area contributed by atoms with E-state index in [1.807, 2.05) is 26.0 Å². The lowest BCUT2D eigenvalue weighted by molar-refractivity contribution is -0.140. The second kappa shape index (κ2) is 7.76. The fourth-order valence-corrected chi connectivity index (χ4v) is 5.66. The zero-order valence-electron chi connectivity index (χ0n) is 18.0. The average molecular weight is 416 g/mol. The molecule has 1 atom stereocenters. The average Bonchev–Trinajstić information content (AvgIpc) is 2.97. The van der Waals surface area contributed by atoms with E-state index in [1.54, 1.807) is 6.07 Å². The van der Waals surface area contributed by atoms with Gasteiger partial charge in [-0.1, -0.05) is 0 Å². The molecule has 3 N–H and O–H groups in total. The van der Waals surface area contributed by atoms with E-state index in [-0.39, 0.29) is 11.5 Å². The molecule has 2 amide bonds. The maximum Gasteiger partial charge on any atom is 0.409 e. The molecule has 0 aromatic heterocycles. The lowest BCUT2D eigenvalue weighted by Gasteiger charge is -2.42. The molecule has 1 aromatic carbocycles. The third-order valence-corrected chi connectivity index (χ3v) is 7.38. The lowest BCUT2D eigenvalue weighted by atomic mass is 9.78. The minimum atomic E-state index is -1.07. The van der Waals surface area contributed by atoms with Gasteiger partial charge in [0.1, 0.15) is 0 Å². The Morgan fingerprint density at radius 2 is 1.90 bits per heavy atom. The van der Waals surface area contributed by atoms with E-state index in [2.05, 4.69) is 15.1 Å². The van der Waals surface area contributed by atoms with E-state index in [4.69, 9.17) is 5.11 Å². The summed E-state index contributed by atoms with van der Waals surface area (Å²) >= 11 is 0. The van der Waals surface area contributed by atoms with E-state index < -0.39 is 11.7 Å². The number of piperidine rings is 1. The van der Waals surface area contributed by atoms with Crippen molar-refractivity contribution in [3.05, 3.63) is 23.8 Å². The molecule has 0 bridgehead atoms. The molecule has 2 heterocycles. The number of carbonyl (C=O) groups excluding carboxylic acids is 1. The van der Waals surface area contributed by atoms with Gasteiger partial charge in [0.05, 0.1) is 11.0 Å². The first kappa shape index (κ1) is 21.0. The van der Waals surface area contributed by atoms with Crippen LogP contribution in [0.3, 0.4) is 0 Å². The normalized spacial score (nSPS) is 32.0. The van der Waals surface area contributed by atoms with Gasteiger partial charge in [0.2, 0.25) is 5.91 Å². The molecular formula is C23H33N3O4. The summed E-state index contributed by atoms with van der Waals surface area (Å²) in [6.07, 6.45) is 5.03. The van der Waals surface area contributed by atoms with Crippen LogP contribution >= 0.6 is 0 Å². The molecule has 1 saturated carbocycles. The smallest absolute Gasteiger partial charge is 0.409 e. The molecule has 0 radical (unpaired) electrons. The quantitative estimate of drug-likeness (QED) is 0.701. The van der Waals surface area contributed by atoms with Crippen LogP contribution in [0.2, 0.25) is 0 Å². The maximum atomic E-state index is 13.5. The maximum absolute atomic E-state index is 13.5. The van der Waals surface area contributed by atoms with E-state index in [0.717, 1.165) is 75.8 Å². The molecule has 7 heteroatoms. The summed E-state index contributed by atoms with van der Waals surface area (Å²) in [6, 6.07) is 5.85. The van der Waals surface area contributed by atoms with Crippen molar-refractivity contribution in [3.8, 4) is 0 Å². The molecule has 0 unspecified atom stereocenters. The molecule has 30 heavy (non-hydrogen) atoms. The van der Waals surface area contributed by atoms with Crippen LogP contribution in [0.4, 0.5) is 16.2 Å². The van der Waals surface area contributed by atoms with Gasteiger partial charge in [0.15, 0.2) is 0 Å². The lowest BCUT2D eigenvalue weighted by Crippen LogP contribution is -2.50. The zero-order chi connectivity index (χ0) is 21.5. The van der Waals surface area contributed by atoms with Gasteiger partial charge >= 0.3 is 6.09 Å². The molecule has 3 aliphatic rings. The number of amides is 2. The third-order valence-electron chi connectivity index (χ3n) is 7.38. The first-order valence-corrected chi connectivity index (χ1v) is 11.1. The van der Waals surface area contributed by atoms with E-state index >= 15 is 0 Å². The Morgan fingerprint density at radius 1 is 1.17 bits per heavy atom. The Balaban J connectivity index is 1.47. The minimum Gasteiger partial charge on any atom is -0.465 e. The fourth-order valence-electron chi connectivity index (χ4n) is 5.66. The van der Waals surface area contributed by atoms with Crippen molar-refractivity contribution >= 4 is 23.4 Å². The van der Waals surface area contributed by atoms with Gasteiger partial charge in [-0.25, -0.2) is 4.79 Å². The predicted molar refractivity (Wildman–Crippen MR) is 116 cm³/mol. The zero-order valence-corrected chi connectivity index (χ0v) is 18.0. The number of hydrogen-bond acceptors (Lipinski definition) is 4. The highest BCUT2D eigenvalue weighted by atomic mass is 16.4. The third kappa shape index (κ3) is 4.00. The molecular weight excluding hydrogens is 382 g/mol. The Morgan fingerprint density at radius 3 is 2.57 bits per heavy atom. The Hall–Kier alpha value is -2.28. The van der Waals surface area contributed by atoms with E-state index in [1.165, 1.54) is 0 Å². The van der Waals surface area contributed by atoms with Gasteiger partial charge in [0.25, 0.3) is 0 Å². The summed E-state index contributed by atoms with van der Waals surface area (Å²) in [4.78, 5) is 28.8. The number of aryl methyl sites for hydroxylation is 1. The molecule has 2 aliphatic heterocycles. The van der Waals surface area contributed by atoms with Gasteiger partial charge < -0.3 is 20.0 Å². The molecule has 164 valence electrons. The second-order valence-corrected chi connectivity index (χ2v) is 9.71. The van der Waals surface area contributed by atoms with Crippen molar-refractivity contribution < 1.29 is 19.8 Å². The van der Waals surface area contributed by atoms with Crippen molar-refractivity contribution in [1.29, 1.82) is 0 Å². The summed E-state index contributed by atoms with van der Waals surface area (Å²) in [5.41, 5.74) is 1.74. The first-order valence-electron chi connectivity index (χ1n) is 11.1. The van der Waals surface area contributed by atoms with Crippen LogP contribution in [0, 0.1) is 12.3 Å². The van der Waals surface area contributed by atoms with Crippen LogP contribution in [0.1, 0.15) is 57.4 Å². The van der Waals surface area contributed by atoms with Crippen molar-refractivity contribution in [1.82, 2.24) is 4.90 Å². The van der Waals surface area contributed by atoms with E-state index in [0.29, 0.717) is 11.6 Å². The molecule has 1 aliphatic carbocycles. The number of nitrogens with zero attached hydrogens (tertiary/aromatic N) is 2. The molecule has 7 nitrogen and oxygen atoms in total. The molecule has 1 spiro atoms. The summed E-state index contributed by atoms with van der Waals surface area (Å²) in [7, 11) is 0. The number of nitrogens with one attached hydrogen (secondary N) is 1. The van der Waals surface area contributed by atoms with Gasteiger partial charge in [0, 0.05) is 37.1 Å². The number of rotatable bonds is 3. The largest absolute Gasteiger partial charge is 0.465 e. The second-order valence-electron chi connectivity index (χ2n) is 9.71. The SMILES string of the molecule is Cc1cc(NC(=O)O)ccc1N1CCC[C@]2(CCN([C@H]3CC[C@@](C)(O)CC3)C2=O)C1. The van der Waals surface area contributed by atoms with Crippen LogP contribution in [0.25, 0.3) is 0 Å². The van der Waals surface area contributed by atoms with Gasteiger partial charge in [-0.05, 0) is 82.6 Å². The number of benzene rings is 1. The fraction of sp³-hybridized carbons (Fsp3) is 0.652. The number of likely N-dealkylation sites (tertiary alicyclic amines) is 1. The predicted octanol–water partition coefficient (Wildman–Crippen LogP) is 3.60. The highest BCUT2D eigenvalue weighted by Gasteiger charge is 2.51. The summed E-state index contributed by atoms with van der Waals surface area (Å²) in [5, 5.41) is 21.6. The Kier molecular flexibility index (Phi) is 5.43. The number of carboxylic acid groups (broad SMARTS) is 1.